The summed E-state index contributed by atoms with van der Waals surface area (Å²) in [5, 5.41) is 9.05. The summed E-state index contributed by atoms with van der Waals surface area (Å²) in [5.41, 5.74) is 7.93. The van der Waals surface area contributed by atoms with Crippen molar-refractivity contribution in [3.05, 3.63) is 29.5 Å². The van der Waals surface area contributed by atoms with Crippen LogP contribution < -0.4 is 11.1 Å². The number of amides is 1. The van der Waals surface area contributed by atoms with Crippen molar-refractivity contribution in [3.8, 4) is 0 Å². The number of benzene rings is 1. The maximum Gasteiger partial charge on any atom is 0.248 e. The van der Waals surface area contributed by atoms with E-state index in [1.165, 1.54) is 12.8 Å². The van der Waals surface area contributed by atoms with Crippen LogP contribution in [0, 0.1) is 12.8 Å². The summed E-state index contributed by atoms with van der Waals surface area (Å²) in [4.78, 5) is 11.3. The molecule has 0 aliphatic carbocycles. The molecule has 0 atom stereocenters. The topological polar surface area (TPSA) is 72.9 Å². The van der Waals surface area contributed by atoms with Crippen molar-refractivity contribution >= 4 is 16.8 Å². The number of primary amides is 1. The van der Waals surface area contributed by atoms with E-state index in [9.17, 15) is 4.79 Å². The van der Waals surface area contributed by atoms with E-state index < -0.39 is 5.91 Å². The number of carbonyl (C=O) groups excluding carboxylic acids is 1. The van der Waals surface area contributed by atoms with Crippen molar-refractivity contribution in [1.82, 2.24) is 15.1 Å². The highest BCUT2D eigenvalue weighted by atomic mass is 16.1. The van der Waals surface area contributed by atoms with E-state index in [4.69, 9.17) is 5.73 Å². The van der Waals surface area contributed by atoms with Crippen molar-refractivity contribution in [2.45, 2.75) is 26.3 Å². The second-order valence-corrected chi connectivity index (χ2v) is 5.56. The molecule has 1 aromatic heterocycles. The minimum Gasteiger partial charge on any atom is -0.366 e. The van der Waals surface area contributed by atoms with Crippen LogP contribution in [0.15, 0.2) is 18.2 Å². The molecule has 106 valence electrons. The van der Waals surface area contributed by atoms with E-state index >= 15 is 0 Å². The normalized spacial score (nSPS) is 16.6. The number of carbonyl (C=O) groups is 1. The van der Waals surface area contributed by atoms with Crippen LogP contribution >= 0.6 is 0 Å². The Bertz CT molecular complexity index is 641. The Kier molecular flexibility index (Phi) is 3.44. The average molecular weight is 272 g/mol. The van der Waals surface area contributed by atoms with E-state index in [-0.39, 0.29) is 0 Å². The summed E-state index contributed by atoms with van der Waals surface area (Å²) in [6.07, 6.45) is 2.39. The number of nitrogens with one attached hydrogen (secondary N) is 1. The SMILES string of the molecule is Cc1c2cc(C(N)=O)ccc2nn1CC1CCNCC1. The maximum absolute atomic E-state index is 11.3. The molecule has 0 saturated carbocycles. The molecule has 1 saturated heterocycles. The third-order valence-electron chi connectivity index (χ3n) is 4.18. The largest absolute Gasteiger partial charge is 0.366 e. The zero-order valence-electron chi connectivity index (χ0n) is 11.7. The van der Waals surface area contributed by atoms with Gasteiger partial charge in [-0.2, -0.15) is 5.10 Å². The van der Waals surface area contributed by atoms with E-state index in [1.807, 2.05) is 12.1 Å². The number of hydrogen-bond acceptors (Lipinski definition) is 3. The first kappa shape index (κ1) is 13.1. The molecule has 3 N–H and O–H groups in total. The van der Waals surface area contributed by atoms with Crippen molar-refractivity contribution < 1.29 is 4.79 Å². The van der Waals surface area contributed by atoms with Gasteiger partial charge < -0.3 is 11.1 Å². The Morgan fingerprint density at radius 3 is 2.90 bits per heavy atom. The number of aromatic nitrogens is 2. The molecule has 0 radical (unpaired) electrons. The standard InChI is InChI=1S/C15H20N4O/c1-10-13-8-12(15(16)20)2-3-14(13)18-19(10)9-11-4-6-17-7-5-11/h2-3,8,11,17H,4-7,9H2,1H3,(H2,16,20). The average Bonchev–Trinajstić information content (AvgIpc) is 2.76. The van der Waals surface area contributed by atoms with Crippen LogP contribution in [0.2, 0.25) is 0 Å². The first-order valence-electron chi connectivity index (χ1n) is 7.13. The highest BCUT2D eigenvalue weighted by Gasteiger charge is 2.16. The number of aryl methyl sites for hydroxylation is 1. The molecule has 5 heteroatoms. The Labute approximate surface area is 118 Å². The fourth-order valence-electron chi connectivity index (χ4n) is 2.90. The van der Waals surface area contributed by atoms with Gasteiger partial charge in [0.2, 0.25) is 5.91 Å². The molecule has 0 spiro atoms. The van der Waals surface area contributed by atoms with Crippen LogP contribution in [0.25, 0.3) is 10.9 Å². The maximum atomic E-state index is 11.3. The predicted octanol–water partition coefficient (Wildman–Crippen LogP) is 1.44. The fraction of sp³-hybridized carbons (Fsp3) is 0.467. The van der Waals surface area contributed by atoms with Gasteiger partial charge in [-0.15, -0.1) is 0 Å². The van der Waals surface area contributed by atoms with E-state index in [1.54, 1.807) is 6.07 Å². The number of hydrogen-bond donors (Lipinski definition) is 2. The van der Waals surface area contributed by atoms with Gasteiger partial charge in [-0.25, -0.2) is 0 Å². The third kappa shape index (κ3) is 2.41. The minimum absolute atomic E-state index is 0.391. The molecule has 1 amide bonds. The quantitative estimate of drug-likeness (QED) is 0.888. The third-order valence-corrected chi connectivity index (χ3v) is 4.18. The highest BCUT2D eigenvalue weighted by molar-refractivity contribution is 5.97. The summed E-state index contributed by atoms with van der Waals surface area (Å²) in [5.74, 6) is 0.289. The smallest absolute Gasteiger partial charge is 0.248 e. The van der Waals surface area contributed by atoms with Crippen LogP contribution in [0.4, 0.5) is 0 Å². The van der Waals surface area contributed by atoms with Crippen molar-refractivity contribution in [2.24, 2.45) is 11.7 Å². The zero-order chi connectivity index (χ0) is 14.1. The van der Waals surface area contributed by atoms with E-state index in [0.717, 1.165) is 36.2 Å². The van der Waals surface area contributed by atoms with Crippen LogP contribution in [-0.4, -0.2) is 28.8 Å². The molecule has 20 heavy (non-hydrogen) atoms. The number of nitrogens with zero attached hydrogens (tertiary/aromatic N) is 2. The summed E-state index contributed by atoms with van der Waals surface area (Å²) in [6.45, 7) is 5.20. The van der Waals surface area contributed by atoms with E-state index in [2.05, 4.69) is 22.0 Å². The molecule has 1 aliphatic rings. The lowest BCUT2D eigenvalue weighted by molar-refractivity contribution is 0.100. The van der Waals surface area contributed by atoms with Crippen LogP contribution in [-0.2, 0) is 6.54 Å². The Hall–Kier alpha value is -1.88. The molecule has 2 heterocycles. The summed E-state index contributed by atoms with van der Waals surface area (Å²) < 4.78 is 2.07. The number of rotatable bonds is 3. The van der Waals surface area contributed by atoms with Crippen molar-refractivity contribution in [1.29, 1.82) is 0 Å². The summed E-state index contributed by atoms with van der Waals surface area (Å²) in [6, 6.07) is 5.46. The minimum atomic E-state index is -0.391. The first-order valence-corrected chi connectivity index (χ1v) is 7.13. The highest BCUT2D eigenvalue weighted by Crippen LogP contribution is 2.22. The van der Waals surface area contributed by atoms with Crippen LogP contribution in [0.1, 0.15) is 28.9 Å². The van der Waals surface area contributed by atoms with Gasteiger partial charge in [0.05, 0.1) is 5.52 Å². The molecular weight excluding hydrogens is 252 g/mol. The second kappa shape index (κ2) is 5.25. The van der Waals surface area contributed by atoms with Gasteiger partial charge in [-0.1, -0.05) is 0 Å². The lowest BCUT2D eigenvalue weighted by atomic mass is 9.98. The van der Waals surface area contributed by atoms with Crippen LogP contribution in [0.5, 0.6) is 0 Å². The Morgan fingerprint density at radius 1 is 1.45 bits per heavy atom. The number of nitrogens with two attached hydrogens (primary N) is 1. The second-order valence-electron chi connectivity index (χ2n) is 5.56. The summed E-state index contributed by atoms with van der Waals surface area (Å²) >= 11 is 0. The van der Waals surface area contributed by atoms with Gasteiger partial charge >= 0.3 is 0 Å². The molecule has 2 aromatic rings. The zero-order valence-corrected chi connectivity index (χ0v) is 11.7. The van der Waals surface area contributed by atoms with Gasteiger partial charge in [0.1, 0.15) is 0 Å². The fourth-order valence-corrected chi connectivity index (χ4v) is 2.90. The lowest BCUT2D eigenvalue weighted by Gasteiger charge is -2.22. The van der Waals surface area contributed by atoms with Gasteiger partial charge in [0.15, 0.2) is 0 Å². The number of fused-ring (bicyclic) bond motifs is 1. The molecule has 1 aromatic carbocycles. The van der Waals surface area contributed by atoms with Gasteiger partial charge in [0, 0.05) is 23.2 Å². The van der Waals surface area contributed by atoms with Crippen molar-refractivity contribution in [2.75, 3.05) is 13.1 Å². The van der Waals surface area contributed by atoms with Gasteiger partial charge in [-0.05, 0) is 57.0 Å². The van der Waals surface area contributed by atoms with E-state index in [0.29, 0.717) is 11.5 Å². The molecule has 1 fully saturated rings. The molecule has 1 aliphatic heterocycles. The molecule has 5 nitrogen and oxygen atoms in total. The lowest BCUT2D eigenvalue weighted by Crippen LogP contribution is -2.30. The number of piperidine rings is 1. The molecule has 0 unspecified atom stereocenters. The first-order chi connectivity index (χ1) is 9.65. The summed E-state index contributed by atoms with van der Waals surface area (Å²) in [7, 11) is 0. The van der Waals surface area contributed by atoms with Gasteiger partial charge in [-0.3, -0.25) is 9.48 Å². The monoisotopic (exact) mass is 272 g/mol. The van der Waals surface area contributed by atoms with Gasteiger partial charge in [0.25, 0.3) is 0 Å². The molecule has 0 bridgehead atoms. The molecular formula is C15H20N4O. The Balaban J connectivity index is 1.91. The van der Waals surface area contributed by atoms with Crippen LogP contribution in [0.3, 0.4) is 0 Å². The van der Waals surface area contributed by atoms with Crippen molar-refractivity contribution in [3.63, 3.8) is 0 Å². The predicted molar refractivity (Wildman–Crippen MR) is 78.6 cm³/mol. The Morgan fingerprint density at radius 2 is 2.20 bits per heavy atom. The molecule has 3 rings (SSSR count).